The van der Waals surface area contributed by atoms with Crippen LogP contribution in [-0.4, -0.2) is 15.9 Å². The molecule has 0 spiro atoms. The first-order chi connectivity index (χ1) is 7.88. The molecule has 0 aliphatic carbocycles. The number of aromatic amines is 1. The van der Waals surface area contributed by atoms with Crippen LogP contribution in [0.1, 0.15) is 33.3 Å². The van der Waals surface area contributed by atoms with Crippen molar-refractivity contribution in [3.05, 3.63) is 23.9 Å². The molecule has 0 fully saturated rings. The minimum atomic E-state index is -0.103. The Balaban J connectivity index is 2.63. The predicted octanol–water partition coefficient (Wildman–Crippen LogP) is 2.82. The molecule has 0 aromatic carbocycles. The van der Waals surface area contributed by atoms with Crippen molar-refractivity contribution < 1.29 is 4.79 Å². The van der Waals surface area contributed by atoms with E-state index in [4.69, 9.17) is 0 Å². The number of hydrogen-bond donors (Lipinski definition) is 2. The third-order valence-electron chi connectivity index (χ3n) is 2.64. The van der Waals surface area contributed by atoms with Crippen LogP contribution in [0.3, 0.4) is 0 Å². The van der Waals surface area contributed by atoms with Gasteiger partial charge in [-0.25, -0.2) is 4.98 Å². The first-order valence-corrected chi connectivity index (χ1v) is 5.64. The van der Waals surface area contributed by atoms with Gasteiger partial charge >= 0.3 is 0 Å². The van der Waals surface area contributed by atoms with Crippen molar-refractivity contribution in [2.24, 2.45) is 0 Å². The zero-order valence-electron chi connectivity index (χ0n) is 10.6. The lowest BCUT2D eigenvalue weighted by Crippen LogP contribution is -2.18. The second-order valence-electron chi connectivity index (χ2n) is 5.23. The molecule has 4 heteroatoms. The molecular weight excluding hydrogens is 214 g/mol. The van der Waals surface area contributed by atoms with Gasteiger partial charge in [0.05, 0.1) is 0 Å². The molecule has 0 atom stereocenters. The summed E-state index contributed by atoms with van der Waals surface area (Å²) < 4.78 is 0. The van der Waals surface area contributed by atoms with E-state index in [0.717, 1.165) is 16.6 Å². The topological polar surface area (TPSA) is 57.8 Å². The van der Waals surface area contributed by atoms with E-state index in [1.807, 2.05) is 12.3 Å². The highest BCUT2D eigenvalue weighted by atomic mass is 16.1. The zero-order valence-corrected chi connectivity index (χ0v) is 10.6. The van der Waals surface area contributed by atoms with Crippen LogP contribution < -0.4 is 5.32 Å². The van der Waals surface area contributed by atoms with Gasteiger partial charge in [-0.1, -0.05) is 20.8 Å². The monoisotopic (exact) mass is 231 g/mol. The largest absolute Gasteiger partial charge is 0.346 e. The fraction of sp³-hybridized carbons (Fsp3) is 0.385. The van der Waals surface area contributed by atoms with Crippen molar-refractivity contribution in [3.8, 4) is 0 Å². The van der Waals surface area contributed by atoms with E-state index in [-0.39, 0.29) is 11.3 Å². The third kappa shape index (κ3) is 2.30. The molecule has 2 aromatic rings. The van der Waals surface area contributed by atoms with Gasteiger partial charge in [0.15, 0.2) is 0 Å². The summed E-state index contributed by atoms with van der Waals surface area (Å²) in [6.07, 6.45) is 1.85. The summed E-state index contributed by atoms with van der Waals surface area (Å²) in [5, 5.41) is 3.85. The second kappa shape index (κ2) is 3.87. The average molecular weight is 231 g/mol. The van der Waals surface area contributed by atoms with E-state index in [1.54, 1.807) is 0 Å². The van der Waals surface area contributed by atoms with Crippen LogP contribution in [0.5, 0.6) is 0 Å². The Morgan fingerprint density at radius 1 is 1.41 bits per heavy atom. The normalized spacial score (nSPS) is 11.8. The average Bonchev–Trinajstić information content (AvgIpc) is 2.60. The van der Waals surface area contributed by atoms with Gasteiger partial charge in [-0.15, -0.1) is 0 Å². The minimum absolute atomic E-state index is 0.0593. The van der Waals surface area contributed by atoms with Crippen molar-refractivity contribution in [1.29, 1.82) is 0 Å². The number of amides is 1. The lowest BCUT2D eigenvalue weighted by atomic mass is 9.87. The van der Waals surface area contributed by atoms with Gasteiger partial charge in [-0.05, 0) is 17.5 Å². The molecule has 2 rings (SSSR count). The van der Waals surface area contributed by atoms with Gasteiger partial charge in [-0.3, -0.25) is 4.79 Å². The zero-order chi connectivity index (χ0) is 12.6. The van der Waals surface area contributed by atoms with E-state index >= 15 is 0 Å². The maximum absolute atomic E-state index is 11.2. The number of carbonyl (C=O) groups excluding carboxylic acids is 1. The molecule has 0 saturated carbocycles. The van der Waals surface area contributed by atoms with Gasteiger partial charge in [0.25, 0.3) is 0 Å². The summed E-state index contributed by atoms with van der Waals surface area (Å²) >= 11 is 0. The summed E-state index contributed by atoms with van der Waals surface area (Å²) in [5.41, 5.74) is 1.78. The van der Waals surface area contributed by atoms with E-state index in [0.29, 0.717) is 5.82 Å². The van der Waals surface area contributed by atoms with Gasteiger partial charge in [0.2, 0.25) is 5.91 Å². The smallest absolute Gasteiger partial charge is 0.222 e. The number of H-pyrrole nitrogens is 1. The maximum atomic E-state index is 11.2. The van der Waals surface area contributed by atoms with Gasteiger partial charge in [0.1, 0.15) is 11.5 Å². The Morgan fingerprint density at radius 2 is 2.12 bits per heavy atom. The van der Waals surface area contributed by atoms with Crippen LogP contribution in [0.4, 0.5) is 5.82 Å². The molecular formula is C13H17N3O. The Kier molecular flexibility index (Phi) is 2.65. The van der Waals surface area contributed by atoms with E-state index < -0.39 is 0 Å². The molecule has 2 aromatic heterocycles. The maximum Gasteiger partial charge on any atom is 0.222 e. The fourth-order valence-electron chi connectivity index (χ4n) is 1.82. The summed E-state index contributed by atoms with van der Waals surface area (Å²) in [6.45, 7) is 7.81. The van der Waals surface area contributed by atoms with Crippen molar-refractivity contribution >= 4 is 22.8 Å². The summed E-state index contributed by atoms with van der Waals surface area (Å²) in [5.74, 6) is 0.536. The number of fused-ring (bicyclic) bond motifs is 1. The fourth-order valence-corrected chi connectivity index (χ4v) is 1.82. The quantitative estimate of drug-likeness (QED) is 0.792. The molecule has 4 nitrogen and oxygen atoms in total. The van der Waals surface area contributed by atoms with Crippen molar-refractivity contribution in [2.75, 3.05) is 5.32 Å². The number of carbonyl (C=O) groups is 1. The van der Waals surface area contributed by atoms with Gasteiger partial charge < -0.3 is 10.3 Å². The molecule has 1 amide bonds. The first kappa shape index (κ1) is 11.6. The molecule has 2 N–H and O–H groups in total. The van der Waals surface area contributed by atoms with Crippen LogP contribution in [-0.2, 0) is 10.2 Å². The minimum Gasteiger partial charge on any atom is -0.346 e. The highest BCUT2D eigenvalue weighted by Gasteiger charge is 2.20. The summed E-state index contributed by atoms with van der Waals surface area (Å²) in [6, 6.07) is 4.05. The van der Waals surface area contributed by atoms with E-state index in [9.17, 15) is 4.79 Å². The molecule has 0 radical (unpaired) electrons. The highest BCUT2D eigenvalue weighted by molar-refractivity contribution is 5.90. The Morgan fingerprint density at radius 3 is 2.71 bits per heavy atom. The van der Waals surface area contributed by atoms with Crippen LogP contribution in [0.15, 0.2) is 18.3 Å². The van der Waals surface area contributed by atoms with Crippen LogP contribution in [0, 0.1) is 0 Å². The highest BCUT2D eigenvalue weighted by Crippen LogP contribution is 2.30. The number of anilines is 1. The van der Waals surface area contributed by atoms with Crippen molar-refractivity contribution in [2.45, 2.75) is 33.1 Å². The molecule has 17 heavy (non-hydrogen) atoms. The number of nitrogens with one attached hydrogen (secondary N) is 2. The number of pyridine rings is 1. The molecule has 0 saturated heterocycles. The SMILES string of the molecule is CC(=O)Nc1nc2[nH]ccc2cc1C(C)(C)C. The van der Waals surface area contributed by atoms with Gasteiger partial charge in [-0.2, -0.15) is 0 Å². The molecule has 0 aliphatic rings. The number of aromatic nitrogens is 2. The second-order valence-corrected chi connectivity index (χ2v) is 5.23. The Bertz CT molecular complexity index is 564. The first-order valence-electron chi connectivity index (χ1n) is 5.64. The molecule has 0 aliphatic heterocycles. The predicted molar refractivity (Wildman–Crippen MR) is 69.1 cm³/mol. The molecule has 90 valence electrons. The summed E-state index contributed by atoms with van der Waals surface area (Å²) in [7, 11) is 0. The lowest BCUT2D eigenvalue weighted by molar-refractivity contribution is -0.114. The van der Waals surface area contributed by atoms with Crippen LogP contribution in [0.25, 0.3) is 11.0 Å². The van der Waals surface area contributed by atoms with Crippen molar-refractivity contribution in [3.63, 3.8) is 0 Å². The van der Waals surface area contributed by atoms with Crippen molar-refractivity contribution in [1.82, 2.24) is 9.97 Å². The summed E-state index contributed by atoms with van der Waals surface area (Å²) in [4.78, 5) is 18.7. The molecule has 0 bridgehead atoms. The van der Waals surface area contributed by atoms with E-state index in [1.165, 1.54) is 6.92 Å². The number of rotatable bonds is 1. The third-order valence-corrected chi connectivity index (χ3v) is 2.64. The number of nitrogens with zero attached hydrogens (tertiary/aromatic N) is 1. The van der Waals surface area contributed by atoms with E-state index in [2.05, 4.69) is 42.1 Å². The Labute approximate surface area is 100 Å². The Hall–Kier alpha value is -1.84. The van der Waals surface area contributed by atoms with Gasteiger partial charge in [0, 0.05) is 24.1 Å². The van der Waals surface area contributed by atoms with Crippen LogP contribution >= 0.6 is 0 Å². The molecule has 2 heterocycles. The molecule has 0 unspecified atom stereocenters. The standard InChI is InChI=1S/C13H17N3O/c1-8(17)15-12-10(13(2,3)4)7-9-5-6-14-11(9)16-12/h5-7H,1-4H3,(H2,14,15,16,17). The number of hydrogen-bond acceptors (Lipinski definition) is 2. The lowest BCUT2D eigenvalue weighted by Gasteiger charge is -2.22. The van der Waals surface area contributed by atoms with Crippen LogP contribution in [0.2, 0.25) is 0 Å².